The Morgan fingerprint density at radius 3 is 2.85 bits per heavy atom. The highest BCUT2D eigenvalue weighted by Gasteiger charge is 2.11. The summed E-state index contributed by atoms with van der Waals surface area (Å²) in [6.45, 7) is 6.93. The van der Waals surface area contributed by atoms with Gasteiger partial charge in [-0.2, -0.15) is 0 Å². The van der Waals surface area contributed by atoms with E-state index >= 15 is 0 Å². The highest BCUT2D eigenvalue weighted by Crippen LogP contribution is 2.23. The van der Waals surface area contributed by atoms with Gasteiger partial charge in [-0.05, 0) is 32.9 Å². The van der Waals surface area contributed by atoms with Crippen LogP contribution in [0, 0.1) is 13.8 Å². The molecule has 2 aromatic heterocycles. The molecule has 2 rings (SSSR count). The zero-order chi connectivity index (χ0) is 14.5. The van der Waals surface area contributed by atoms with Crippen molar-refractivity contribution in [2.75, 3.05) is 7.11 Å². The third kappa shape index (κ3) is 3.39. The molecule has 108 valence electrons. The number of pyridine rings is 1. The summed E-state index contributed by atoms with van der Waals surface area (Å²) in [6.07, 6.45) is 4.44. The first-order valence-electron chi connectivity index (χ1n) is 6.86. The van der Waals surface area contributed by atoms with Crippen molar-refractivity contribution >= 4 is 0 Å². The average Bonchev–Trinajstić information content (AvgIpc) is 2.91. The smallest absolute Gasteiger partial charge is 0.128 e. The second-order valence-corrected chi connectivity index (χ2v) is 5.11. The van der Waals surface area contributed by atoms with Crippen LogP contribution in [0.1, 0.15) is 29.5 Å². The number of aromatic nitrogens is 1. The van der Waals surface area contributed by atoms with Crippen LogP contribution < -0.4 is 10.1 Å². The van der Waals surface area contributed by atoms with Crippen molar-refractivity contribution in [1.29, 1.82) is 0 Å². The van der Waals surface area contributed by atoms with Gasteiger partial charge in [-0.25, -0.2) is 0 Å². The van der Waals surface area contributed by atoms with E-state index in [2.05, 4.69) is 17.2 Å². The van der Waals surface area contributed by atoms with Gasteiger partial charge in [-0.3, -0.25) is 4.98 Å². The molecular weight excluding hydrogens is 252 g/mol. The lowest BCUT2D eigenvalue weighted by Crippen LogP contribution is -2.28. The van der Waals surface area contributed by atoms with Crippen molar-refractivity contribution in [3.8, 4) is 5.75 Å². The zero-order valence-corrected chi connectivity index (χ0v) is 12.6. The molecule has 1 unspecified atom stereocenters. The molecular formula is C16H22N2O2. The maximum absolute atomic E-state index is 5.43. The molecule has 0 fully saturated rings. The maximum Gasteiger partial charge on any atom is 0.128 e. The summed E-state index contributed by atoms with van der Waals surface area (Å²) in [4.78, 5) is 4.49. The molecule has 0 bridgehead atoms. The van der Waals surface area contributed by atoms with Crippen LogP contribution in [0.2, 0.25) is 0 Å². The Hall–Kier alpha value is -1.81. The number of nitrogens with one attached hydrogen (secondary N) is 1. The van der Waals surface area contributed by atoms with E-state index in [0.717, 1.165) is 41.3 Å². The summed E-state index contributed by atoms with van der Waals surface area (Å²) in [6, 6.07) is 4.24. The second-order valence-electron chi connectivity index (χ2n) is 5.11. The molecule has 0 aliphatic heterocycles. The molecule has 1 atom stereocenters. The molecule has 4 nitrogen and oxygen atoms in total. The minimum atomic E-state index is 0.328. The molecule has 0 amide bonds. The number of ether oxygens (including phenoxy) is 1. The molecule has 0 aromatic carbocycles. The average molecular weight is 274 g/mol. The molecule has 0 saturated heterocycles. The fourth-order valence-corrected chi connectivity index (χ4v) is 2.32. The fourth-order valence-electron chi connectivity index (χ4n) is 2.32. The highest BCUT2D eigenvalue weighted by molar-refractivity contribution is 5.40. The maximum atomic E-state index is 5.43. The van der Waals surface area contributed by atoms with Crippen molar-refractivity contribution in [2.45, 2.75) is 39.8 Å². The molecule has 1 N–H and O–H groups in total. The Morgan fingerprint density at radius 2 is 2.20 bits per heavy atom. The molecule has 2 aromatic rings. The van der Waals surface area contributed by atoms with Gasteiger partial charge in [0.05, 0.1) is 19.1 Å². The van der Waals surface area contributed by atoms with Crippen LogP contribution in [0.4, 0.5) is 0 Å². The summed E-state index contributed by atoms with van der Waals surface area (Å²) in [7, 11) is 1.70. The summed E-state index contributed by atoms with van der Waals surface area (Å²) in [5.74, 6) is 1.92. The lowest BCUT2D eigenvalue weighted by Gasteiger charge is -2.15. The van der Waals surface area contributed by atoms with Crippen molar-refractivity contribution in [3.05, 3.63) is 47.2 Å². The molecule has 4 heteroatoms. The van der Waals surface area contributed by atoms with E-state index in [9.17, 15) is 0 Å². The lowest BCUT2D eigenvalue weighted by atomic mass is 10.1. The summed E-state index contributed by atoms with van der Waals surface area (Å²) < 4.78 is 10.8. The first-order valence-corrected chi connectivity index (χ1v) is 6.86. The second kappa shape index (κ2) is 6.57. The Labute approximate surface area is 120 Å². The monoisotopic (exact) mass is 274 g/mol. The van der Waals surface area contributed by atoms with Gasteiger partial charge in [0.2, 0.25) is 0 Å². The van der Waals surface area contributed by atoms with Crippen LogP contribution >= 0.6 is 0 Å². The summed E-state index contributed by atoms with van der Waals surface area (Å²) in [5, 5.41) is 3.47. The standard InChI is InChI=1S/C16H22N2O2/c1-11-9-18-15(13(3)16(11)19-4)10-17-12(2)8-14-6-5-7-20-14/h5-7,9,12,17H,8,10H2,1-4H3. The van der Waals surface area contributed by atoms with E-state index in [4.69, 9.17) is 9.15 Å². The predicted molar refractivity (Wildman–Crippen MR) is 79.0 cm³/mol. The van der Waals surface area contributed by atoms with Gasteiger partial charge in [0.15, 0.2) is 0 Å². The third-order valence-electron chi connectivity index (χ3n) is 3.46. The number of aryl methyl sites for hydroxylation is 1. The molecule has 0 saturated carbocycles. The molecule has 0 aliphatic rings. The van der Waals surface area contributed by atoms with Gasteiger partial charge >= 0.3 is 0 Å². The van der Waals surface area contributed by atoms with E-state index < -0.39 is 0 Å². The number of methoxy groups -OCH3 is 1. The first-order chi connectivity index (χ1) is 9.61. The van der Waals surface area contributed by atoms with Crippen LogP contribution in [0.25, 0.3) is 0 Å². The van der Waals surface area contributed by atoms with Crippen LogP contribution in [0.3, 0.4) is 0 Å². The minimum Gasteiger partial charge on any atom is -0.496 e. The van der Waals surface area contributed by atoms with Crippen LogP contribution in [0.5, 0.6) is 5.75 Å². The lowest BCUT2D eigenvalue weighted by molar-refractivity contribution is 0.405. The number of rotatable bonds is 6. The van der Waals surface area contributed by atoms with E-state index in [0.29, 0.717) is 6.04 Å². The van der Waals surface area contributed by atoms with Gasteiger partial charge in [0.1, 0.15) is 11.5 Å². The van der Waals surface area contributed by atoms with Gasteiger partial charge in [-0.1, -0.05) is 0 Å². The zero-order valence-electron chi connectivity index (χ0n) is 12.6. The molecule has 20 heavy (non-hydrogen) atoms. The van der Waals surface area contributed by atoms with E-state index in [1.807, 2.05) is 32.2 Å². The third-order valence-corrected chi connectivity index (χ3v) is 3.46. The Morgan fingerprint density at radius 1 is 1.40 bits per heavy atom. The molecule has 0 aliphatic carbocycles. The Balaban J connectivity index is 1.97. The van der Waals surface area contributed by atoms with Crippen molar-refractivity contribution in [1.82, 2.24) is 10.3 Å². The fraction of sp³-hybridized carbons (Fsp3) is 0.438. The van der Waals surface area contributed by atoms with Crippen LogP contribution in [-0.2, 0) is 13.0 Å². The van der Waals surface area contributed by atoms with E-state index in [1.54, 1.807) is 13.4 Å². The number of hydrogen-bond acceptors (Lipinski definition) is 4. The highest BCUT2D eigenvalue weighted by atomic mass is 16.5. The van der Waals surface area contributed by atoms with Crippen LogP contribution in [0.15, 0.2) is 29.0 Å². The summed E-state index contributed by atoms with van der Waals surface area (Å²) in [5.41, 5.74) is 3.20. The van der Waals surface area contributed by atoms with E-state index in [1.165, 1.54) is 0 Å². The van der Waals surface area contributed by atoms with Gasteiger partial charge < -0.3 is 14.5 Å². The molecule has 0 spiro atoms. The number of nitrogens with zero attached hydrogens (tertiary/aromatic N) is 1. The Bertz CT molecular complexity index is 550. The number of hydrogen-bond donors (Lipinski definition) is 1. The van der Waals surface area contributed by atoms with Crippen molar-refractivity contribution in [2.24, 2.45) is 0 Å². The summed E-state index contributed by atoms with van der Waals surface area (Å²) >= 11 is 0. The van der Waals surface area contributed by atoms with E-state index in [-0.39, 0.29) is 0 Å². The molecule has 0 radical (unpaired) electrons. The quantitative estimate of drug-likeness (QED) is 0.879. The Kier molecular flexibility index (Phi) is 4.79. The molecule has 2 heterocycles. The normalized spacial score (nSPS) is 12.4. The van der Waals surface area contributed by atoms with Gasteiger partial charge in [0.25, 0.3) is 0 Å². The van der Waals surface area contributed by atoms with Crippen molar-refractivity contribution in [3.63, 3.8) is 0 Å². The SMILES string of the molecule is COc1c(C)cnc(CNC(C)Cc2ccco2)c1C. The minimum absolute atomic E-state index is 0.328. The largest absolute Gasteiger partial charge is 0.496 e. The van der Waals surface area contributed by atoms with Crippen LogP contribution in [-0.4, -0.2) is 18.1 Å². The number of furan rings is 1. The first kappa shape index (κ1) is 14.6. The predicted octanol–water partition coefficient (Wildman–Crippen LogP) is 3.02. The van der Waals surface area contributed by atoms with Crippen molar-refractivity contribution < 1.29 is 9.15 Å². The van der Waals surface area contributed by atoms with Gasteiger partial charge in [0, 0.05) is 36.3 Å². The van der Waals surface area contributed by atoms with Gasteiger partial charge in [-0.15, -0.1) is 0 Å². The topological polar surface area (TPSA) is 47.3 Å².